The Kier molecular flexibility index (Phi) is 3.85. The van der Waals surface area contributed by atoms with Gasteiger partial charge in [0.05, 0.1) is 5.56 Å². The Morgan fingerprint density at radius 1 is 1.10 bits per heavy atom. The lowest BCUT2D eigenvalue weighted by atomic mass is 10.00. The molecule has 0 spiro atoms. The van der Waals surface area contributed by atoms with Gasteiger partial charge in [-0.25, -0.2) is 0 Å². The van der Waals surface area contributed by atoms with Crippen LogP contribution in [0, 0.1) is 0 Å². The number of nitrogen functional groups attached to an aromatic ring is 1. The van der Waals surface area contributed by atoms with Gasteiger partial charge in [0.15, 0.2) is 5.78 Å². The number of alkyl halides is 3. The molecule has 6 heteroatoms. The number of nitrogens with two attached hydrogens (primary N) is 1. The molecule has 2 N–H and O–H groups in total. The zero-order valence-electron chi connectivity index (χ0n) is 10.0. The van der Waals surface area contributed by atoms with E-state index in [1.807, 2.05) is 0 Å². The van der Waals surface area contributed by atoms with Gasteiger partial charge in [0.25, 0.3) is 0 Å². The minimum Gasteiger partial charge on any atom is -0.398 e. The molecule has 2 rings (SSSR count). The number of carbonyl (C=O) groups is 1. The molecule has 0 radical (unpaired) electrons. The van der Waals surface area contributed by atoms with Crippen molar-refractivity contribution in [2.24, 2.45) is 0 Å². The largest absolute Gasteiger partial charge is 0.416 e. The fourth-order valence-electron chi connectivity index (χ4n) is 1.72. The van der Waals surface area contributed by atoms with Crippen LogP contribution in [0.15, 0.2) is 46.9 Å². The second kappa shape index (κ2) is 5.28. The van der Waals surface area contributed by atoms with Crippen molar-refractivity contribution >= 4 is 27.4 Å². The molecule has 0 aromatic heterocycles. The summed E-state index contributed by atoms with van der Waals surface area (Å²) in [5.41, 5.74) is 5.16. The molecular formula is C14H9BrF3NO. The summed E-state index contributed by atoms with van der Waals surface area (Å²) in [4.78, 5) is 12.2. The number of hydrogen-bond donors (Lipinski definition) is 1. The normalized spacial score (nSPS) is 11.4. The van der Waals surface area contributed by atoms with E-state index in [4.69, 9.17) is 5.73 Å². The molecule has 2 aromatic carbocycles. The lowest BCUT2D eigenvalue weighted by molar-refractivity contribution is -0.137. The molecule has 0 saturated heterocycles. The molecular weight excluding hydrogens is 335 g/mol. The van der Waals surface area contributed by atoms with Crippen LogP contribution in [0.5, 0.6) is 0 Å². The van der Waals surface area contributed by atoms with E-state index >= 15 is 0 Å². The van der Waals surface area contributed by atoms with Crippen LogP contribution in [0.2, 0.25) is 0 Å². The highest BCUT2D eigenvalue weighted by Gasteiger charge is 2.31. The Morgan fingerprint density at radius 2 is 1.80 bits per heavy atom. The minimum absolute atomic E-state index is 0.0513. The minimum atomic E-state index is -4.49. The van der Waals surface area contributed by atoms with Crippen LogP contribution in [0.3, 0.4) is 0 Å². The first-order valence-electron chi connectivity index (χ1n) is 5.56. The van der Waals surface area contributed by atoms with Crippen molar-refractivity contribution in [2.75, 3.05) is 5.73 Å². The molecule has 0 amide bonds. The highest BCUT2D eigenvalue weighted by molar-refractivity contribution is 9.10. The molecule has 0 atom stereocenters. The Balaban J connectivity index is 2.46. The van der Waals surface area contributed by atoms with E-state index in [0.717, 1.165) is 12.1 Å². The second-order valence-corrected chi connectivity index (χ2v) is 5.05. The molecule has 2 nitrogen and oxygen atoms in total. The van der Waals surface area contributed by atoms with E-state index in [9.17, 15) is 18.0 Å². The number of anilines is 1. The lowest BCUT2D eigenvalue weighted by Gasteiger charge is -2.09. The van der Waals surface area contributed by atoms with Crippen molar-refractivity contribution in [3.05, 3.63) is 63.6 Å². The molecule has 0 aliphatic carbocycles. The number of ketones is 1. The fraction of sp³-hybridized carbons (Fsp3) is 0.0714. The zero-order chi connectivity index (χ0) is 14.9. The predicted octanol–water partition coefficient (Wildman–Crippen LogP) is 4.28. The molecule has 0 aliphatic heterocycles. The topological polar surface area (TPSA) is 43.1 Å². The summed E-state index contributed by atoms with van der Waals surface area (Å²) in [6, 6.07) is 8.92. The molecule has 0 saturated carbocycles. The van der Waals surface area contributed by atoms with Crippen LogP contribution in [-0.4, -0.2) is 5.78 Å². The van der Waals surface area contributed by atoms with Crippen molar-refractivity contribution < 1.29 is 18.0 Å². The molecule has 104 valence electrons. The summed E-state index contributed by atoms with van der Waals surface area (Å²) < 4.78 is 38.5. The molecule has 20 heavy (non-hydrogen) atoms. The van der Waals surface area contributed by atoms with Crippen LogP contribution in [-0.2, 0) is 6.18 Å². The summed E-state index contributed by atoms with van der Waals surface area (Å²) in [5, 5.41) is 0. The van der Waals surface area contributed by atoms with Crippen LogP contribution >= 0.6 is 15.9 Å². The number of rotatable bonds is 2. The summed E-state index contributed by atoms with van der Waals surface area (Å²) >= 11 is 3.20. The fourth-order valence-corrected chi connectivity index (χ4v) is 2.08. The lowest BCUT2D eigenvalue weighted by Crippen LogP contribution is -2.09. The summed E-state index contributed by atoms with van der Waals surface area (Å²) in [7, 11) is 0. The van der Waals surface area contributed by atoms with Crippen molar-refractivity contribution in [1.29, 1.82) is 0 Å². The highest BCUT2D eigenvalue weighted by atomic mass is 79.9. The van der Waals surface area contributed by atoms with Gasteiger partial charge in [-0.15, -0.1) is 0 Å². The predicted molar refractivity (Wildman–Crippen MR) is 73.4 cm³/mol. The third-order valence-corrected chi connectivity index (χ3v) is 3.21. The second-order valence-electron chi connectivity index (χ2n) is 4.14. The molecule has 0 fully saturated rings. The standard InChI is InChI=1S/C14H9BrF3NO/c15-10-4-5-12(19)11(7-10)13(20)8-2-1-3-9(6-8)14(16,17)18/h1-7H,19H2. The van der Waals surface area contributed by atoms with E-state index < -0.39 is 17.5 Å². The Labute approximate surface area is 121 Å². The van der Waals surface area contributed by atoms with E-state index in [1.165, 1.54) is 24.3 Å². The summed E-state index contributed by atoms with van der Waals surface area (Å²) in [6.07, 6.45) is -4.49. The van der Waals surface area contributed by atoms with Crippen LogP contribution in [0.4, 0.5) is 18.9 Å². The smallest absolute Gasteiger partial charge is 0.398 e. The number of halogens is 4. The maximum atomic E-state index is 12.6. The Morgan fingerprint density at radius 3 is 2.45 bits per heavy atom. The first-order valence-corrected chi connectivity index (χ1v) is 6.35. The van der Waals surface area contributed by atoms with Crippen LogP contribution in [0.1, 0.15) is 21.5 Å². The van der Waals surface area contributed by atoms with Gasteiger partial charge in [-0.2, -0.15) is 13.2 Å². The maximum Gasteiger partial charge on any atom is 0.416 e. The number of benzene rings is 2. The average molecular weight is 344 g/mol. The van der Waals surface area contributed by atoms with E-state index in [2.05, 4.69) is 15.9 Å². The molecule has 0 unspecified atom stereocenters. The van der Waals surface area contributed by atoms with Gasteiger partial charge in [0, 0.05) is 21.3 Å². The van der Waals surface area contributed by atoms with E-state index in [1.54, 1.807) is 6.07 Å². The van der Waals surface area contributed by atoms with Gasteiger partial charge in [0.1, 0.15) is 0 Å². The first kappa shape index (κ1) is 14.6. The molecule has 0 aliphatic rings. The van der Waals surface area contributed by atoms with Gasteiger partial charge in [-0.3, -0.25) is 4.79 Å². The third kappa shape index (κ3) is 3.01. The van der Waals surface area contributed by atoms with E-state index in [-0.39, 0.29) is 16.8 Å². The molecule has 2 aromatic rings. The van der Waals surface area contributed by atoms with Gasteiger partial charge in [-0.1, -0.05) is 28.1 Å². The van der Waals surface area contributed by atoms with Crippen molar-refractivity contribution in [3.8, 4) is 0 Å². The molecule has 0 heterocycles. The third-order valence-electron chi connectivity index (χ3n) is 2.71. The Hall–Kier alpha value is -1.82. The highest BCUT2D eigenvalue weighted by Crippen LogP contribution is 2.30. The first-order chi connectivity index (χ1) is 9.29. The SMILES string of the molecule is Nc1ccc(Br)cc1C(=O)c1cccc(C(F)(F)F)c1. The van der Waals surface area contributed by atoms with Gasteiger partial charge in [-0.05, 0) is 30.3 Å². The molecule has 0 bridgehead atoms. The number of carbonyl (C=O) groups excluding carboxylic acids is 1. The summed E-state index contributed by atoms with van der Waals surface area (Å²) in [6.45, 7) is 0. The zero-order valence-corrected chi connectivity index (χ0v) is 11.6. The van der Waals surface area contributed by atoms with Crippen molar-refractivity contribution in [3.63, 3.8) is 0 Å². The van der Waals surface area contributed by atoms with E-state index in [0.29, 0.717) is 4.47 Å². The number of hydrogen-bond acceptors (Lipinski definition) is 2. The van der Waals surface area contributed by atoms with Gasteiger partial charge < -0.3 is 5.73 Å². The van der Waals surface area contributed by atoms with Crippen molar-refractivity contribution in [2.45, 2.75) is 6.18 Å². The maximum absolute atomic E-state index is 12.6. The monoisotopic (exact) mass is 343 g/mol. The average Bonchev–Trinajstić information content (AvgIpc) is 2.40. The van der Waals surface area contributed by atoms with Gasteiger partial charge >= 0.3 is 6.18 Å². The van der Waals surface area contributed by atoms with Crippen LogP contribution in [0.25, 0.3) is 0 Å². The van der Waals surface area contributed by atoms with Gasteiger partial charge in [0.2, 0.25) is 0 Å². The quantitative estimate of drug-likeness (QED) is 0.653. The van der Waals surface area contributed by atoms with Crippen LogP contribution < -0.4 is 5.73 Å². The van der Waals surface area contributed by atoms with Crippen molar-refractivity contribution in [1.82, 2.24) is 0 Å². The summed E-state index contributed by atoms with van der Waals surface area (Å²) in [5.74, 6) is -0.546. The Bertz CT molecular complexity index is 668.